The number of para-hydroxylation sites is 1. The third kappa shape index (κ3) is 4.56. The zero-order valence-electron chi connectivity index (χ0n) is 14.9. The second-order valence-corrected chi connectivity index (χ2v) is 7.59. The summed E-state index contributed by atoms with van der Waals surface area (Å²) >= 11 is 12.4. The minimum Gasteiger partial charge on any atom is -0.495 e. The van der Waals surface area contributed by atoms with Gasteiger partial charge in [0.15, 0.2) is 12.4 Å². The average molecular weight is 450 g/mol. The molecule has 0 saturated heterocycles. The topological polar surface area (TPSA) is 124 Å². The molecule has 0 radical (unpaired) electrons. The van der Waals surface area contributed by atoms with E-state index >= 15 is 0 Å². The Morgan fingerprint density at radius 1 is 1.14 bits per heavy atom. The molecule has 0 aliphatic carbocycles. The number of ether oxygens (including phenoxy) is 2. The summed E-state index contributed by atoms with van der Waals surface area (Å²) in [7, 11) is -0.313. The number of nitrogens with zero attached hydrogens (tertiary/aromatic N) is 4. The van der Waals surface area contributed by atoms with Crippen LogP contribution in [0.4, 0.5) is 5.95 Å². The monoisotopic (exact) mass is 449 g/mol. The van der Waals surface area contributed by atoms with Crippen molar-refractivity contribution in [3.05, 3.63) is 46.4 Å². The van der Waals surface area contributed by atoms with Crippen LogP contribution in [-0.4, -0.2) is 32.9 Å². The number of rotatable bonds is 6. The molecule has 3 rings (SSSR count). The molecular weight excluding hydrogens is 437 g/mol. The lowest BCUT2D eigenvalue weighted by atomic mass is 10.2. The van der Waals surface area contributed by atoms with E-state index in [0.717, 1.165) is 0 Å². The lowest BCUT2D eigenvalue weighted by Crippen LogP contribution is -2.08. The van der Waals surface area contributed by atoms with E-state index < -0.39 is 10.8 Å². The number of anilines is 1. The van der Waals surface area contributed by atoms with Crippen LogP contribution in [0.15, 0.2) is 46.5 Å². The molecular formula is C18H13Cl2N5O3S. The van der Waals surface area contributed by atoms with Gasteiger partial charge in [-0.3, -0.25) is 0 Å². The smallest absolute Gasteiger partial charge is 0.228 e. The van der Waals surface area contributed by atoms with Gasteiger partial charge in [-0.1, -0.05) is 35.3 Å². The van der Waals surface area contributed by atoms with Crippen LogP contribution >= 0.6 is 23.2 Å². The van der Waals surface area contributed by atoms with Crippen LogP contribution in [-0.2, 0) is 10.8 Å². The van der Waals surface area contributed by atoms with Gasteiger partial charge < -0.3 is 15.2 Å². The Kier molecular flexibility index (Phi) is 6.49. The van der Waals surface area contributed by atoms with Crippen LogP contribution in [0.2, 0.25) is 10.0 Å². The number of halogens is 2. The van der Waals surface area contributed by atoms with Gasteiger partial charge in [-0.05, 0) is 24.3 Å². The van der Waals surface area contributed by atoms with Gasteiger partial charge in [-0.25, -0.2) is 4.21 Å². The first-order valence-electron chi connectivity index (χ1n) is 8.00. The summed E-state index contributed by atoms with van der Waals surface area (Å²) in [5.41, 5.74) is 6.14. The van der Waals surface area contributed by atoms with Gasteiger partial charge in [0.2, 0.25) is 11.1 Å². The summed E-state index contributed by atoms with van der Waals surface area (Å²) in [6.07, 6.45) is 0. The van der Waals surface area contributed by atoms with Gasteiger partial charge in [-0.15, -0.1) is 0 Å². The summed E-state index contributed by atoms with van der Waals surface area (Å²) in [6, 6.07) is 11.5. The molecule has 0 spiro atoms. The molecule has 0 aliphatic heterocycles. The lowest BCUT2D eigenvalue weighted by molar-refractivity contribution is 0.368. The van der Waals surface area contributed by atoms with Crippen molar-refractivity contribution in [1.29, 1.82) is 5.26 Å². The van der Waals surface area contributed by atoms with Crippen molar-refractivity contribution in [3.63, 3.8) is 0 Å². The largest absolute Gasteiger partial charge is 0.495 e. The number of hydrogen-bond donors (Lipinski definition) is 1. The van der Waals surface area contributed by atoms with Crippen molar-refractivity contribution in [1.82, 2.24) is 15.0 Å². The van der Waals surface area contributed by atoms with Gasteiger partial charge in [-0.2, -0.15) is 20.2 Å². The molecule has 1 heterocycles. The first kappa shape index (κ1) is 20.8. The number of nitrogens with two attached hydrogens (primary N) is 1. The molecule has 2 N–H and O–H groups in total. The Bertz CT molecular complexity index is 1140. The summed E-state index contributed by atoms with van der Waals surface area (Å²) < 4.78 is 23.5. The van der Waals surface area contributed by atoms with E-state index in [-0.39, 0.29) is 39.3 Å². The number of benzene rings is 2. The molecule has 148 valence electrons. The van der Waals surface area contributed by atoms with E-state index in [1.807, 2.05) is 6.07 Å². The van der Waals surface area contributed by atoms with Gasteiger partial charge in [0, 0.05) is 5.56 Å². The van der Waals surface area contributed by atoms with Crippen LogP contribution < -0.4 is 15.2 Å². The zero-order chi connectivity index (χ0) is 21.0. The minimum absolute atomic E-state index is 0.0671. The molecule has 0 saturated carbocycles. The maximum absolute atomic E-state index is 13.0. The summed E-state index contributed by atoms with van der Waals surface area (Å²) in [6.45, 7) is -0.205. The van der Waals surface area contributed by atoms with Crippen LogP contribution in [0.25, 0.3) is 11.4 Å². The maximum Gasteiger partial charge on any atom is 0.228 e. The van der Waals surface area contributed by atoms with E-state index in [4.69, 9.17) is 43.7 Å². The Morgan fingerprint density at radius 3 is 2.62 bits per heavy atom. The van der Waals surface area contributed by atoms with Crippen molar-refractivity contribution in [3.8, 4) is 29.0 Å². The number of hydrogen-bond acceptors (Lipinski definition) is 8. The third-order valence-corrected chi connectivity index (χ3v) is 5.48. The van der Waals surface area contributed by atoms with Crippen molar-refractivity contribution < 1.29 is 13.7 Å². The Labute approximate surface area is 178 Å². The first-order chi connectivity index (χ1) is 13.9. The Balaban J connectivity index is 2.09. The van der Waals surface area contributed by atoms with Crippen LogP contribution in [0.3, 0.4) is 0 Å². The van der Waals surface area contributed by atoms with E-state index in [1.54, 1.807) is 24.3 Å². The molecule has 1 atom stereocenters. The highest BCUT2D eigenvalue weighted by molar-refractivity contribution is 7.85. The van der Waals surface area contributed by atoms with Crippen LogP contribution in [0, 0.1) is 11.3 Å². The molecule has 0 fully saturated rings. The van der Waals surface area contributed by atoms with Crippen LogP contribution in [0.5, 0.6) is 11.5 Å². The third-order valence-electron chi connectivity index (χ3n) is 3.62. The highest BCUT2D eigenvalue weighted by Gasteiger charge is 2.20. The van der Waals surface area contributed by atoms with Crippen molar-refractivity contribution in [2.45, 2.75) is 10.1 Å². The molecule has 0 amide bonds. The molecule has 11 heteroatoms. The highest BCUT2D eigenvalue weighted by atomic mass is 35.5. The maximum atomic E-state index is 13.0. The Hall–Kier alpha value is -2.93. The average Bonchev–Trinajstić information content (AvgIpc) is 2.72. The van der Waals surface area contributed by atoms with E-state index in [2.05, 4.69) is 15.0 Å². The van der Waals surface area contributed by atoms with Gasteiger partial charge in [0.25, 0.3) is 0 Å². The molecule has 8 nitrogen and oxygen atoms in total. The SMILES string of the molecule is COc1ccccc1S(=O)c1nc(N)nc(-c2cc(OCC#N)c(Cl)cc2Cl)n1. The second kappa shape index (κ2) is 9.05. The fraction of sp³-hybridized carbons (Fsp3) is 0.111. The summed E-state index contributed by atoms with van der Waals surface area (Å²) in [4.78, 5) is 12.7. The molecule has 1 unspecified atom stereocenters. The van der Waals surface area contributed by atoms with Gasteiger partial charge >= 0.3 is 0 Å². The van der Waals surface area contributed by atoms with Crippen LogP contribution in [0.1, 0.15) is 0 Å². The quantitative estimate of drug-likeness (QED) is 0.605. The number of methoxy groups -OCH3 is 1. The van der Waals surface area contributed by atoms with Crippen molar-refractivity contribution >= 4 is 39.9 Å². The lowest BCUT2D eigenvalue weighted by Gasteiger charge is -2.11. The molecule has 2 aromatic carbocycles. The zero-order valence-corrected chi connectivity index (χ0v) is 17.3. The van der Waals surface area contributed by atoms with Crippen molar-refractivity contribution in [2.24, 2.45) is 0 Å². The van der Waals surface area contributed by atoms with E-state index in [0.29, 0.717) is 16.2 Å². The molecule has 1 aromatic heterocycles. The van der Waals surface area contributed by atoms with E-state index in [9.17, 15) is 4.21 Å². The summed E-state index contributed by atoms with van der Waals surface area (Å²) in [5, 5.41) is 9.08. The predicted molar refractivity (Wildman–Crippen MR) is 108 cm³/mol. The Morgan fingerprint density at radius 2 is 1.90 bits per heavy atom. The van der Waals surface area contributed by atoms with Gasteiger partial charge in [0.05, 0.1) is 22.1 Å². The number of nitrogen functional groups attached to an aromatic ring is 1. The second-order valence-electron chi connectivity index (χ2n) is 5.43. The summed E-state index contributed by atoms with van der Waals surface area (Å²) in [5.74, 6) is 0.583. The highest BCUT2D eigenvalue weighted by Crippen LogP contribution is 2.36. The van der Waals surface area contributed by atoms with Crippen molar-refractivity contribution in [2.75, 3.05) is 19.5 Å². The minimum atomic E-state index is -1.78. The van der Waals surface area contributed by atoms with Gasteiger partial charge in [0.1, 0.15) is 28.4 Å². The standard InChI is InChI=1S/C18H13Cl2N5O3S/c1-27-13-4-2-3-5-15(13)29(26)18-24-16(23-17(22)25-18)10-8-14(28-7-6-21)12(20)9-11(10)19/h2-5,8-9H,7H2,1H3,(H2,22,23,24,25). The predicted octanol–water partition coefficient (Wildman–Crippen LogP) is 3.51. The molecule has 29 heavy (non-hydrogen) atoms. The van der Waals surface area contributed by atoms with E-state index in [1.165, 1.54) is 19.2 Å². The normalized spacial score (nSPS) is 11.5. The molecule has 0 bridgehead atoms. The number of nitriles is 1. The first-order valence-corrected chi connectivity index (χ1v) is 9.90. The molecule has 3 aromatic rings. The number of aromatic nitrogens is 3. The fourth-order valence-electron chi connectivity index (χ4n) is 2.37. The fourth-order valence-corrected chi connectivity index (χ4v) is 3.97. The molecule has 0 aliphatic rings.